The summed E-state index contributed by atoms with van der Waals surface area (Å²) in [6, 6.07) is 16.4. The van der Waals surface area contributed by atoms with E-state index >= 15 is 0 Å². The number of hydrogen-bond donors (Lipinski definition) is 1. The zero-order valence-electron chi connectivity index (χ0n) is 10.4. The van der Waals surface area contributed by atoms with Crippen LogP contribution in [0.3, 0.4) is 0 Å². The Balaban J connectivity index is 2.56. The molecule has 0 fully saturated rings. The Bertz CT molecular complexity index is 502. The molecule has 0 saturated heterocycles. The van der Waals surface area contributed by atoms with Crippen LogP contribution in [0, 0.1) is 6.92 Å². The number of benzene rings is 2. The lowest BCUT2D eigenvalue weighted by molar-refractivity contribution is 0.174. The molecule has 0 heterocycles. The summed E-state index contributed by atoms with van der Waals surface area (Å²) in [6.45, 7) is 4.10. The van der Waals surface area contributed by atoms with Crippen molar-refractivity contribution in [3.05, 3.63) is 59.7 Å². The molecule has 1 heteroatoms. The molecule has 17 heavy (non-hydrogen) atoms. The van der Waals surface area contributed by atoms with Gasteiger partial charge in [0, 0.05) is 0 Å². The van der Waals surface area contributed by atoms with Crippen LogP contribution in [0.4, 0.5) is 0 Å². The Morgan fingerprint density at radius 1 is 0.941 bits per heavy atom. The monoisotopic (exact) mass is 226 g/mol. The van der Waals surface area contributed by atoms with Gasteiger partial charge in [0.05, 0.1) is 6.10 Å². The quantitative estimate of drug-likeness (QED) is 0.835. The minimum atomic E-state index is -0.384. The first kappa shape index (κ1) is 11.9. The lowest BCUT2D eigenvalue weighted by atomic mass is 9.93. The van der Waals surface area contributed by atoms with E-state index in [-0.39, 0.29) is 6.10 Å². The van der Waals surface area contributed by atoms with E-state index < -0.39 is 0 Å². The van der Waals surface area contributed by atoms with Crippen molar-refractivity contribution in [1.29, 1.82) is 0 Å². The van der Waals surface area contributed by atoms with Crippen LogP contribution in [0.5, 0.6) is 0 Å². The second-order valence-corrected chi connectivity index (χ2v) is 4.33. The lowest BCUT2D eigenvalue weighted by Gasteiger charge is -2.15. The number of aliphatic hydroxyl groups is 1. The van der Waals surface area contributed by atoms with E-state index in [0.29, 0.717) is 0 Å². The highest BCUT2D eigenvalue weighted by molar-refractivity contribution is 5.70. The van der Waals surface area contributed by atoms with Crippen LogP contribution in [0.1, 0.15) is 30.6 Å². The molecule has 0 saturated carbocycles. The molecule has 2 rings (SSSR count). The van der Waals surface area contributed by atoms with E-state index in [2.05, 4.69) is 25.1 Å². The molecule has 2 aromatic carbocycles. The maximum atomic E-state index is 10.1. The van der Waals surface area contributed by atoms with E-state index in [1.54, 1.807) is 0 Å². The van der Waals surface area contributed by atoms with Gasteiger partial charge < -0.3 is 5.11 Å². The van der Waals surface area contributed by atoms with E-state index in [0.717, 1.165) is 17.5 Å². The Morgan fingerprint density at radius 3 is 2.18 bits per heavy atom. The van der Waals surface area contributed by atoms with Crippen molar-refractivity contribution in [2.24, 2.45) is 0 Å². The molecule has 0 bridgehead atoms. The summed E-state index contributed by atoms with van der Waals surface area (Å²) in [5.41, 5.74) is 4.60. The van der Waals surface area contributed by atoms with Gasteiger partial charge in [-0.25, -0.2) is 0 Å². The van der Waals surface area contributed by atoms with Crippen LogP contribution in [-0.4, -0.2) is 5.11 Å². The number of hydrogen-bond acceptors (Lipinski definition) is 1. The van der Waals surface area contributed by atoms with Crippen LogP contribution in [0.2, 0.25) is 0 Å². The molecule has 0 aliphatic carbocycles. The second kappa shape index (κ2) is 5.15. The third-order valence-corrected chi connectivity index (χ3v) is 3.14. The van der Waals surface area contributed by atoms with Crippen LogP contribution >= 0.6 is 0 Å². The Morgan fingerprint density at radius 2 is 1.53 bits per heavy atom. The Hall–Kier alpha value is -1.60. The van der Waals surface area contributed by atoms with Gasteiger partial charge in [0.2, 0.25) is 0 Å². The molecular formula is C16H18O. The van der Waals surface area contributed by atoms with Gasteiger partial charge in [-0.2, -0.15) is 0 Å². The Kier molecular flexibility index (Phi) is 3.60. The number of aliphatic hydroxyl groups excluding tert-OH is 1. The minimum absolute atomic E-state index is 0.384. The highest BCUT2D eigenvalue weighted by Crippen LogP contribution is 2.31. The van der Waals surface area contributed by atoms with E-state index in [4.69, 9.17) is 0 Å². The van der Waals surface area contributed by atoms with Crippen LogP contribution in [0.15, 0.2) is 48.5 Å². The van der Waals surface area contributed by atoms with Gasteiger partial charge >= 0.3 is 0 Å². The molecule has 1 N–H and O–H groups in total. The van der Waals surface area contributed by atoms with Crippen LogP contribution in [0.25, 0.3) is 11.1 Å². The summed E-state index contributed by atoms with van der Waals surface area (Å²) < 4.78 is 0. The normalized spacial score (nSPS) is 12.4. The summed E-state index contributed by atoms with van der Waals surface area (Å²) in [5, 5.41) is 10.1. The van der Waals surface area contributed by atoms with Gasteiger partial charge in [0.25, 0.3) is 0 Å². The molecule has 2 aromatic rings. The first-order valence-corrected chi connectivity index (χ1v) is 6.07. The highest BCUT2D eigenvalue weighted by Gasteiger charge is 2.12. The molecule has 0 aliphatic heterocycles. The molecule has 0 radical (unpaired) electrons. The maximum Gasteiger partial charge on any atom is 0.0793 e. The van der Waals surface area contributed by atoms with Crippen LogP contribution < -0.4 is 0 Å². The van der Waals surface area contributed by atoms with Gasteiger partial charge in [0.15, 0.2) is 0 Å². The number of rotatable bonds is 3. The van der Waals surface area contributed by atoms with E-state index in [1.807, 2.05) is 37.3 Å². The zero-order valence-corrected chi connectivity index (χ0v) is 10.4. The molecule has 88 valence electrons. The van der Waals surface area contributed by atoms with Crippen molar-refractivity contribution < 1.29 is 5.11 Å². The molecular weight excluding hydrogens is 208 g/mol. The van der Waals surface area contributed by atoms with Gasteiger partial charge in [-0.15, -0.1) is 0 Å². The maximum absolute atomic E-state index is 10.1. The summed E-state index contributed by atoms with van der Waals surface area (Å²) in [4.78, 5) is 0. The van der Waals surface area contributed by atoms with Gasteiger partial charge in [-0.1, -0.05) is 55.5 Å². The molecule has 0 amide bonds. The predicted molar refractivity (Wildman–Crippen MR) is 71.9 cm³/mol. The van der Waals surface area contributed by atoms with E-state index in [1.165, 1.54) is 11.1 Å². The average molecular weight is 226 g/mol. The number of aryl methyl sites for hydroxylation is 1. The van der Waals surface area contributed by atoms with Gasteiger partial charge in [-0.3, -0.25) is 0 Å². The van der Waals surface area contributed by atoms with Crippen molar-refractivity contribution in [1.82, 2.24) is 0 Å². The molecule has 0 aliphatic rings. The van der Waals surface area contributed by atoms with Crippen molar-refractivity contribution in [2.75, 3.05) is 0 Å². The van der Waals surface area contributed by atoms with E-state index in [9.17, 15) is 5.11 Å². The van der Waals surface area contributed by atoms with Gasteiger partial charge in [0.1, 0.15) is 0 Å². The Labute approximate surface area is 103 Å². The molecule has 1 atom stereocenters. The smallest absolute Gasteiger partial charge is 0.0793 e. The van der Waals surface area contributed by atoms with Gasteiger partial charge in [-0.05, 0) is 35.6 Å². The standard InChI is InChI=1S/C16H18O/c1-3-16(17)15-11-7-6-10-14(15)13-9-5-4-8-12(13)2/h4-11,16-17H,3H2,1-2H3/t16-/m0/s1. The minimum Gasteiger partial charge on any atom is -0.388 e. The van der Waals surface area contributed by atoms with Crippen molar-refractivity contribution in [2.45, 2.75) is 26.4 Å². The SMILES string of the molecule is CC[C@H](O)c1ccccc1-c1ccccc1C. The fraction of sp³-hybridized carbons (Fsp3) is 0.250. The second-order valence-electron chi connectivity index (χ2n) is 4.33. The molecule has 0 spiro atoms. The van der Waals surface area contributed by atoms with Crippen molar-refractivity contribution in [3.63, 3.8) is 0 Å². The third-order valence-electron chi connectivity index (χ3n) is 3.14. The first-order chi connectivity index (χ1) is 8.24. The lowest BCUT2D eigenvalue weighted by Crippen LogP contribution is -1.98. The van der Waals surface area contributed by atoms with Crippen molar-refractivity contribution >= 4 is 0 Å². The third kappa shape index (κ3) is 2.40. The molecule has 1 nitrogen and oxygen atoms in total. The first-order valence-electron chi connectivity index (χ1n) is 6.07. The summed E-state index contributed by atoms with van der Waals surface area (Å²) in [5.74, 6) is 0. The fourth-order valence-corrected chi connectivity index (χ4v) is 2.13. The fourth-order valence-electron chi connectivity index (χ4n) is 2.13. The summed E-state index contributed by atoms with van der Waals surface area (Å²) >= 11 is 0. The van der Waals surface area contributed by atoms with Crippen LogP contribution in [-0.2, 0) is 0 Å². The average Bonchev–Trinajstić information content (AvgIpc) is 2.38. The molecule has 0 unspecified atom stereocenters. The summed E-state index contributed by atoms with van der Waals surface area (Å²) in [7, 11) is 0. The topological polar surface area (TPSA) is 20.2 Å². The largest absolute Gasteiger partial charge is 0.388 e. The molecule has 0 aromatic heterocycles. The predicted octanol–water partition coefficient (Wildman–Crippen LogP) is 4.11. The highest BCUT2D eigenvalue weighted by atomic mass is 16.3. The summed E-state index contributed by atoms with van der Waals surface area (Å²) in [6.07, 6.45) is 0.355. The van der Waals surface area contributed by atoms with Crippen molar-refractivity contribution in [3.8, 4) is 11.1 Å². The zero-order chi connectivity index (χ0) is 12.3.